The van der Waals surface area contributed by atoms with Gasteiger partial charge in [-0.3, -0.25) is 0 Å². The Morgan fingerprint density at radius 1 is 0.929 bits per heavy atom. The minimum absolute atomic E-state index is 0.576. The van der Waals surface area contributed by atoms with E-state index in [2.05, 4.69) is 41.5 Å². The molecule has 0 saturated heterocycles. The van der Waals surface area contributed by atoms with Crippen molar-refractivity contribution in [3.05, 3.63) is 0 Å². The zero-order valence-corrected chi connectivity index (χ0v) is 11.8. The molecule has 0 aliphatic rings. The Hall–Kier alpha value is 0.177. The normalized spacial score (nSPS) is 12.4. The van der Waals surface area contributed by atoms with Crippen molar-refractivity contribution in [3.8, 4) is 0 Å². The van der Waals surface area contributed by atoms with E-state index in [0.29, 0.717) is 0 Å². The summed E-state index contributed by atoms with van der Waals surface area (Å²) in [5.41, 5.74) is 1.47. The van der Waals surface area contributed by atoms with E-state index in [0.717, 1.165) is 23.6 Å². The second-order valence-corrected chi connectivity index (χ2v) is 8.50. The number of rotatable bonds is 7. The monoisotopic (exact) mass is 215 g/mol. The van der Waals surface area contributed by atoms with Crippen molar-refractivity contribution in [3.63, 3.8) is 0 Å². The largest absolute Gasteiger partial charge is 0.416 e. The maximum absolute atomic E-state index is 6.02. The van der Waals surface area contributed by atoms with E-state index in [4.69, 9.17) is 4.43 Å². The molecule has 2 heteroatoms. The van der Waals surface area contributed by atoms with Crippen LogP contribution >= 0.6 is 0 Å². The van der Waals surface area contributed by atoms with Gasteiger partial charge in [0, 0.05) is 6.61 Å². The van der Waals surface area contributed by atoms with E-state index in [1.165, 1.54) is 12.8 Å². The van der Waals surface area contributed by atoms with Crippen LogP contribution in [0.25, 0.3) is 0 Å². The molecule has 0 aliphatic heterocycles. The van der Waals surface area contributed by atoms with E-state index < -0.39 is 9.04 Å². The van der Waals surface area contributed by atoms with Crippen LogP contribution in [0, 0.1) is 5.92 Å². The molecule has 0 bridgehead atoms. The molecule has 1 radical (unpaired) electrons. The van der Waals surface area contributed by atoms with Gasteiger partial charge >= 0.3 is 0 Å². The van der Waals surface area contributed by atoms with Crippen LogP contribution in [0.15, 0.2) is 0 Å². The van der Waals surface area contributed by atoms with Gasteiger partial charge in [0.25, 0.3) is 0 Å². The lowest BCUT2D eigenvalue weighted by molar-refractivity contribution is 0.289. The summed E-state index contributed by atoms with van der Waals surface area (Å²) in [5.74, 6) is 0.812. The molecule has 0 unspecified atom stereocenters. The predicted molar refractivity (Wildman–Crippen MR) is 66.0 cm³/mol. The molecule has 0 fully saturated rings. The van der Waals surface area contributed by atoms with Gasteiger partial charge in [0.05, 0.1) is 0 Å². The summed E-state index contributed by atoms with van der Waals surface area (Å²) in [4.78, 5) is 0. The minimum Gasteiger partial charge on any atom is -0.416 e. The first kappa shape index (κ1) is 14.2. The van der Waals surface area contributed by atoms with Gasteiger partial charge in [-0.2, -0.15) is 0 Å². The van der Waals surface area contributed by atoms with Gasteiger partial charge in [-0.05, 0) is 29.8 Å². The summed E-state index contributed by atoms with van der Waals surface area (Å²) in [5, 5.41) is 0. The quantitative estimate of drug-likeness (QED) is 0.456. The summed E-state index contributed by atoms with van der Waals surface area (Å²) < 4.78 is 6.02. The summed E-state index contributed by atoms with van der Waals surface area (Å²) in [6.07, 6.45) is 2.52. The van der Waals surface area contributed by atoms with Crippen molar-refractivity contribution in [2.75, 3.05) is 6.61 Å². The van der Waals surface area contributed by atoms with Crippen molar-refractivity contribution in [2.24, 2.45) is 5.92 Å². The van der Waals surface area contributed by atoms with Crippen LogP contribution in [-0.2, 0) is 4.43 Å². The first-order chi connectivity index (χ1) is 6.45. The van der Waals surface area contributed by atoms with Gasteiger partial charge in [-0.1, -0.05) is 41.5 Å². The molecule has 0 rings (SSSR count). The van der Waals surface area contributed by atoms with Crippen LogP contribution in [0.3, 0.4) is 0 Å². The lowest BCUT2D eigenvalue weighted by Gasteiger charge is -2.22. The third-order valence-corrected chi connectivity index (χ3v) is 5.15. The number of hydrogen-bond donors (Lipinski definition) is 0. The van der Waals surface area contributed by atoms with Crippen molar-refractivity contribution >= 4 is 9.04 Å². The van der Waals surface area contributed by atoms with Crippen LogP contribution in [0.2, 0.25) is 11.1 Å². The Kier molecular flexibility index (Phi) is 7.56. The first-order valence-electron chi connectivity index (χ1n) is 5.94. The van der Waals surface area contributed by atoms with Gasteiger partial charge in [0.15, 0.2) is 0 Å². The van der Waals surface area contributed by atoms with E-state index in [9.17, 15) is 0 Å². The van der Waals surface area contributed by atoms with E-state index in [-0.39, 0.29) is 0 Å². The topological polar surface area (TPSA) is 9.23 Å². The summed E-state index contributed by atoms with van der Waals surface area (Å²) in [6, 6.07) is 0. The van der Waals surface area contributed by atoms with Gasteiger partial charge in [0.1, 0.15) is 0 Å². The highest BCUT2D eigenvalue weighted by molar-refractivity contribution is 6.54. The van der Waals surface area contributed by atoms with E-state index in [1.807, 2.05) is 0 Å². The van der Waals surface area contributed by atoms with Crippen molar-refractivity contribution in [1.82, 2.24) is 0 Å². The van der Waals surface area contributed by atoms with Crippen LogP contribution in [-0.4, -0.2) is 15.6 Å². The summed E-state index contributed by atoms with van der Waals surface area (Å²) >= 11 is 0. The number of hydrogen-bond acceptors (Lipinski definition) is 1. The van der Waals surface area contributed by atoms with Gasteiger partial charge in [-0.15, -0.1) is 0 Å². The molecule has 0 saturated carbocycles. The average Bonchev–Trinajstić information content (AvgIpc) is 2.01. The molecular formula is C12H27OSi. The van der Waals surface area contributed by atoms with Crippen molar-refractivity contribution in [2.45, 2.75) is 65.5 Å². The van der Waals surface area contributed by atoms with Crippen molar-refractivity contribution < 1.29 is 4.43 Å². The third-order valence-electron chi connectivity index (χ3n) is 2.33. The minimum atomic E-state index is -0.576. The molecule has 85 valence electrons. The Balaban J connectivity index is 3.62. The molecule has 0 heterocycles. The Labute approximate surface area is 92.0 Å². The van der Waals surface area contributed by atoms with Gasteiger partial charge in [-0.25, -0.2) is 0 Å². The fourth-order valence-electron chi connectivity index (χ4n) is 1.68. The molecule has 0 aromatic rings. The molecule has 14 heavy (non-hydrogen) atoms. The second-order valence-electron chi connectivity index (χ2n) is 5.10. The van der Waals surface area contributed by atoms with E-state index >= 15 is 0 Å². The predicted octanol–water partition coefficient (Wildman–Crippen LogP) is 4.25. The molecule has 1 nitrogen and oxygen atoms in total. The van der Waals surface area contributed by atoms with E-state index in [1.54, 1.807) is 0 Å². The maximum Gasteiger partial charge on any atom is 0.216 e. The summed E-state index contributed by atoms with van der Waals surface area (Å²) in [6.45, 7) is 14.7. The highest BCUT2D eigenvalue weighted by Crippen LogP contribution is 2.21. The molecule has 0 amide bonds. The van der Waals surface area contributed by atoms with Crippen LogP contribution < -0.4 is 0 Å². The van der Waals surface area contributed by atoms with Crippen LogP contribution in [0.5, 0.6) is 0 Å². The molecule has 0 aromatic carbocycles. The van der Waals surface area contributed by atoms with Crippen molar-refractivity contribution in [1.29, 1.82) is 0 Å². The Bertz CT molecular complexity index is 124. The lowest BCUT2D eigenvalue weighted by atomic mass is 10.1. The highest BCUT2D eigenvalue weighted by atomic mass is 28.3. The fraction of sp³-hybridized carbons (Fsp3) is 1.00. The van der Waals surface area contributed by atoms with Crippen LogP contribution in [0.1, 0.15) is 54.4 Å². The zero-order valence-electron chi connectivity index (χ0n) is 10.8. The lowest BCUT2D eigenvalue weighted by Crippen LogP contribution is -2.26. The Morgan fingerprint density at radius 3 is 1.79 bits per heavy atom. The van der Waals surface area contributed by atoms with Gasteiger partial charge in [0.2, 0.25) is 9.04 Å². The molecule has 0 spiro atoms. The van der Waals surface area contributed by atoms with Gasteiger partial charge < -0.3 is 4.43 Å². The molecule has 0 atom stereocenters. The molecule has 0 N–H and O–H groups in total. The first-order valence-corrected chi connectivity index (χ1v) is 7.51. The summed E-state index contributed by atoms with van der Waals surface area (Å²) in [7, 11) is -0.576. The smallest absolute Gasteiger partial charge is 0.216 e. The third kappa shape index (κ3) is 6.60. The zero-order chi connectivity index (χ0) is 11.1. The Morgan fingerprint density at radius 2 is 1.43 bits per heavy atom. The SMILES string of the molecule is CC(C)CCCO[Si](C(C)C)C(C)C. The van der Waals surface area contributed by atoms with Crippen LogP contribution in [0.4, 0.5) is 0 Å². The maximum atomic E-state index is 6.02. The standard InChI is InChI=1S/C12H27OSi/c1-10(2)8-7-9-13-14(11(3)4)12(5)6/h10-12H,7-9H2,1-6H3. The molecule has 0 aliphatic carbocycles. The average molecular weight is 215 g/mol. The molecule has 0 aromatic heterocycles. The highest BCUT2D eigenvalue weighted by Gasteiger charge is 2.21. The molecular weight excluding hydrogens is 188 g/mol. The second kappa shape index (κ2) is 7.47. The fourth-order valence-corrected chi connectivity index (χ4v) is 4.06.